The maximum absolute atomic E-state index is 14.0. The minimum absolute atomic E-state index is 0.0783. The highest BCUT2D eigenvalue weighted by Crippen LogP contribution is 2.34. The molecule has 7 heteroatoms. The Morgan fingerprint density at radius 2 is 1.74 bits per heavy atom. The number of carbonyl (C=O) groups excluding carboxylic acids is 2. The molecule has 0 radical (unpaired) electrons. The van der Waals surface area contributed by atoms with E-state index in [2.05, 4.69) is 5.32 Å². The number of thioether (sulfide) groups is 1. The van der Waals surface area contributed by atoms with Crippen molar-refractivity contribution in [2.45, 2.75) is 50.9 Å². The molecule has 0 aromatic heterocycles. The number of nitrogens with one attached hydrogen (secondary N) is 1. The van der Waals surface area contributed by atoms with Gasteiger partial charge in [0.25, 0.3) is 0 Å². The van der Waals surface area contributed by atoms with Crippen LogP contribution in [0.5, 0.6) is 0 Å². The fourth-order valence-corrected chi connectivity index (χ4v) is 2.85. The first-order valence-corrected chi connectivity index (χ1v) is 8.13. The van der Waals surface area contributed by atoms with Crippen LogP contribution in [0.25, 0.3) is 0 Å². The van der Waals surface area contributed by atoms with Crippen LogP contribution >= 0.6 is 11.8 Å². The van der Waals surface area contributed by atoms with Gasteiger partial charge < -0.3 is 10.1 Å². The van der Waals surface area contributed by atoms with Crippen LogP contribution in [0.3, 0.4) is 0 Å². The fourth-order valence-electron chi connectivity index (χ4n) is 1.80. The summed E-state index contributed by atoms with van der Waals surface area (Å²) in [5, 5.41) is 1.66. The SMILES string of the molecule is CC(=O)Nc1cc(SC(C(=O)OC(C)C)C(C)C)c(F)cc1F. The molecule has 0 aliphatic carbocycles. The third-order valence-corrected chi connectivity index (χ3v) is 4.33. The van der Waals surface area contributed by atoms with Gasteiger partial charge >= 0.3 is 5.97 Å². The highest BCUT2D eigenvalue weighted by molar-refractivity contribution is 8.00. The zero-order valence-corrected chi connectivity index (χ0v) is 14.6. The molecule has 1 unspecified atom stereocenters. The van der Waals surface area contributed by atoms with Crippen molar-refractivity contribution >= 4 is 29.3 Å². The lowest BCUT2D eigenvalue weighted by atomic mass is 10.1. The standard InChI is InChI=1S/C16H21F2NO3S/c1-8(2)15(16(21)22-9(3)4)23-14-7-13(19-10(5)20)11(17)6-12(14)18/h6-9,15H,1-5H3,(H,19,20). The van der Waals surface area contributed by atoms with E-state index in [1.54, 1.807) is 13.8 Å². The summed E-state index contributed by atoms with van der Waals surface area (Å²) in [4.78, 5) is 23.3. The molecule has 0 saturated heterocycles. The summed E-state index contributed by atoms with van der Waals surface area (Å²) in [7, 11) is 0. The molecule has 1 N–H and O–H groups in total. The van der Waals surface area contributed by atoms with E-state index in [0.29, 0.717) is 6.07 Å². The van der Waals surface area contributed by atoms with Gasteiger partial charge in [-0.2, -0.15) is 0 Å². The Morgan fingerprint density at radius 3 is 2.22 bits per heavy atom. The van der Waals surface area contributed by atoms with Crippen molar-refractivity contribution in [3.63, 3.8) is 0 Å². The molecule has 0 saturated carbocycles. The normalized spacial score (nSPS) is 12.4. The number of hydrogen-bond donors (Lipinski definition) is 1. The molecule has 23 heavy (non-hydrogen) atoms. The first-order chi connectivity index (χ1) is 10.6. The topological polar surface area (TPSA) is 55.4 Å². The van der Waals surface area contributed by atoms with E-state index in [1.165, 1.54) is 13.0 Å². The van der Waals surface area contributed by atoms with Crippen molar-refractivity contribution in [3.8, 4) is 0 Å². The van der Waals surface area contributed by atoms with Gasteiger partial charge in [0, 0.05) is 17.9 Å². The second-order valence-electron chi connectivity index (χ2n) is 5.71. The molecule has 0 spiro atoms. The van der Waals surface area contributed by atoms with Crippen molar-refractivity contribution in [1.82, 2.24) is 0 Å². The molecule has 0 bridgehead atoms. The summed E-state index contributed by atoms with van der Waals surface area (Å²) < 4.78 is 32.8. The first kappa shape index (κ1) is 19.4. The highest BCUT2D eigenvalue weighted by Gasteiger charge is 2.27. The van der Waals surface area contributed by atoms with Crippen LogP contribution in [-0.2, 0) is 14.3 Å². The zero-order chi connectivity index (χ0) is 17.7. The average Bonchev–Trinajstić information content (AvgIpc) is 2.38. The van der Waals surface area contributed by atoms with E-state index < -0.39 is 28.8 Å². The lowest BCUT2D eigenvalue weighted by Gasteiger charge is -2.21. The van der Waals surface area contributed by atoms with Gasteiger partial charge in [-0.3, -0.25) is 9.59 Å². The third-order valence-electron chi connectivity index (χ3n) is 2.78. The lowest BCUT2D eigenvalue weighted by Crippen LogP contribution is -2.28. The molecule has 0 heterocycles. The Labute approximate surface area is 139 Å². The van der Waals surface area contributed by atoms with Gasteiger partial charge in [-0.1, -0.05) is 13.8 Å². The number of ether oxygens (including phenoxy) is 1. The Hall–Kier alpha value is -1.63. The number of rotatable bonds is 6. The van der Waals surface area contributed by atoms with Crippen LogP contribution in [0.2, 0.25) is 0 Å². The molecule has 1 atom stereocenters. The number of halogens is 2. The van der Waals surface area contributed by atoms with E-state index >= 15 is 0 Å². The summed E-state index contributed by atoms with van der Waals surface area (Å²) >= 11 is 0.956. The van der Waals surface area contributed by atoms with Crippen molar-refractivity contribution in [1.29, 1.82) is 0 Å². The molecule has 1 amide bonds. The largest absolute Gasteiger partial charge is 0.462 e. The van der Waals surface area contributed by atoms with E-state index in [9.17, 15) is 18.4 Å². The predicted molar refractivity (Wildman–Crippen MR) is 86.4 cm³/mol. The molecular weight excluding hydrogens is 324 g/mol. The van der Waals surface area contributed by atoms with E-state index in [4.69, 9.17) is 4.74 Å². The average molecular weight is 345 g/mol. The molecule has 0 fully saturated rings. The molecule has 4 nitrogen and oxygen atoms in total. The molecular formula is C16H21F2NO3S. The van der Waals surface area contributed by atoms with Crippen LogP contribution in [0.15, 0.2) is 17.0 Å². The first-order valence-electron chi connectivity index (χ1n) is 7.25. The molecule has 1 aromatic carbocycles. The number of esters is 1. The molecule has 1 aromatic rings. The summed E-state index contributed by atoms with van der Waals surface area (Å²) in [6, 6.07) is 1.88. The Kier molecular flexibility index (Phi) is 7.00. The minimum atomic E-state index is -0.868. The summed E-state index contributed by atoms with van der Waals surface area (Å²) in [5.41, 5.74) is -0.124. The quantitative estimate of drug-likeness (QED) is 0.626. The van der Waals surface area contributed by atoms with E-state index in [0.717, 1.165) is 11.8 Å². The summed E-state index contributed by atoms with van der Waals surface area (Å²) in [6.07, 6.45) is -0.280. The van der Waals surface area contributed by atoms with Gasteiger partial charge in [-0.15, -0.1) is 11.8 Å². The Morgan fingerprint density at radius 1 is 1.13 bits per heavy atom. The Bertz CT molecular complexity index is 591. The van der Waals surface area contributed by atoms with E-state index in [1.807, 2.05) is 13.8 Å². The van der Waals surface area contributed by atoms with E-state index in [-0.39, 0.29) is 22.6 Å². The maximum Gasteiger partial charge on any atom is 0.319 e. The van der Waals surface area contributed by atoms with Crippen molar-refractivity contribution < 1.29 is 23.1 Å². The summed E-state index contributed by atoms with van der Waals surface area (Å²) in [5.74, 6) is -2.69. The molecule has 0 aliphatic heterocycles. The van der Waals surface area contributed by atoms with Crippen LogP contribution in [0.4, 0.5) is 14.5 Å². The zero-order valence-electron chi connectivity index (χ0n) is 13.8. The number of anilines is 1. The molecule has 128 valence electrons. The minimum Gasteiger partial charge on any atom is -0.462 e. The second-order valence-corrected chi connectivity index (χ2v) is 6.90. The van der Waals surface area contributed by atoms with Gasteiger partial charge in [-0.25, -0.2) is 8.78 Å². The highest BCUT2D eigenvalue weighted by atomic mass is 32.2. The monoisotopic (exact) mass is 345 g/mol. The molecule has 0 aliphatic rings. The van der Waals surface area contributed by atoms with Crippen molar-refractivity contribution in [3.05, 3.63) is 23.8 Å². The maximum atomic E-state index is 14.0. The Balaban J connectivity index is 3.08. The lowest BCUT2D eigenvalue weighted by molar-refractivity contribution is -0.147. The predicted octanol–water partition coefficient (Wildman–Crippen LogP) is 3.99. The van der Waals surface area contributed by atoms with Crippen LogP contribution in [-0.4, -0.2) is 23.2 Å². The van der Waals surface area contributed by atoms with Gasteiger partial charge in [0.15, 0.2) is 0 Å². The number of carbonyl (C=O) groups is 2. The number of amides is 1. The van der Waals surface area contributed by atoms with Crippen LogP contribution in [0, 0.1) is 17.6 Å². The van der Waals surface area contributed by atoms with Crippen molar-refractivity contribution in [2.75, 3.05) is 5.32 Å². The van der Waals surface area contributed by atoms with Crippen LogP contribution < -0.4 is 5.32 Å². The van der Waals surface area contributed by atoms with Crippen LogP contribution in [0.1, 0.15) is 34.6 Å². The molecule has 1 rings (SSSR count). The van der Waals surface area contributed by atoms with Gasteiger partial charge in [-0.05, 0) is 25.8 Å². The second kappa shape index (κ2) is 8.29. The summed E-state index contributed by atoms with van der Waals surface area (Å²) in [6.45, 7) is 8.32. The smallest absolute Gasteiger partial charge is 0.319 e. The number of hydrogen-bond acceptors (Lipinski definition) is 4. The fraction of sp³-hybridized carbons (Fsp3) is 0.500. The van der Waals surface area contributed by atoms with Gasteiger partial charge in [0.1, 0.15) is 16.9 Å². The van der Waals surface area contributed by atoms with Crippen molar-refractivity contribution in [2.24, 2.45) is 5.92 Å². The van der Waals surface area contributed by atoms with Gasteiger partial charge in [0.05, 0.1) is 11.8 Å². The third kappa shape index (κ3) is 5.82. The van der Waals surface area contributed by atoms with Gasteiger partial charge in [0.2, 0.25) is 5.91 Å². The number of benzene rings is 1.